The molecule has 0 saturated carbocycles. The number of pyridine rings is 1. The molecule has 0 spiro atoms. The first-order valence-electron chi connectivity index (χ1n) is 8.64. The van der Waals surface area contributed by atoms with Crippen LogP contribution in [0.5, 0.6) is 0 Å². The molecular weight excluding hydrogens is 298 g/mol. The van der Waals surface area contributed by atoms with Crippen molar-refractivity contribution in [3.63, 3.8) is 0 Å². The standard InChI is InChI=1S/C19H23N5/c20-19-9-17(23-11-13-2-1-6-21-10-13)16-4-3-14(8-18(16)24-19)15-5-7-22-12-15/h3-5,7-9,13,21H,1-2,6,10-12H2,(H3,20,23,24)/t13-/m1/s1. The quantitative estimate of drug-likeness (QED) is 0.809. The molecule has 2 aliphatic rings. The summed E-state index contributed by atoms with van der Waals surface area (Å²) in [5, 5.41) is 8.17. The zero-order valence-corrected chi connectivity index (χ0v) is 13.8. The van der Waals surface area contributed by atoms with Crippen LogP contribution < -0.4 is 16.4 Å². The second-order valence-corrected chi connectivity index (χ2v) is 6.60. The minimum atomic E-state index is 0.556. The SMILES string of the molecule is Nc1cc(NC[C@@H]2CCCNC2)c2ccc(C3=CC=NC3)cc2n1. The molecule has 1 fully saturated rings. The van der Waals surface area contributed by atoms with Gasteiger partial charge in [0.25, 0.3) is 0 Å². The maximum atomic E-state index is 6.03. The molecule has 0 radical (unpaired) electrons. The van der Waals surface area contributed by atoms with Crippen molar-refractivity contribution < 1.29 is 0 Å². The van der Waals surface area contributed by atoms with Crippen LogP contribution >= 0.6 is 0 Å². The van der Waals surface area contributed by atoms with E-state index in [2.05, 4.69) is 44.9 Å². The number of nitrogens with one attached hydrogen (secondary N) is 2. The van der Waals surface area contributed by atoms with E-state index in [1.807, 2.05) is 12.3 Å². The molecule has 2 aliphatic heterocycles. The minimum Gasteiger partial charge on any atom is -0.384 e. The lowest BCUT2D eigenvalue weighted by atomic mass is 9.99. The molecule has 3 heterocycles. The Bertz CT molecular complexity index is 803. The van der Waals surface area contributed by atoms with E-state index in [4.69, 9.17) is 5.73 Å². The van der Waals surface area contributed by atoms with E-state index in [0.717, 1.165) is 42.8 Å². The highest BCUT2D eigenvalue weighted by molar-refractivity contribution is 5.96. The van der Waals surface area contributed by atoms with E-state index in [1.54, 1.807) is 0 Å². The summed E-state index contributed by atoms with van der Waals surface area (Å²) < 4.78 is 0. The molecular formula is C19H23N5. The zero-order valence-electron chi connectivity index (χ0n) is 13.8. The van der Waals surface area contributed by atoms with Crippen LogP contribution in [0.25, 0.3) is 16.5 Å². The molecule has 5 heteroatoms. The molecule has 1 aromatic heterocycles. The fourth-order valence-corrected chi connectivity index (χ4v) is 3.48. The van der Waals surface area contributed by atoms with Gasteiger partial charge >= 0.3 is 0 Å². The van der Waals surface area contributed by atoms with E-state index in [-0.39, 0.29) is 0 Å². The van der Waals surface area contributed by atoms with Crippen molar-refractivity contribution in [2.75, 3.05) is 37.2 Å². The average Bonchev–Trinajstić information content (AvgIpc) is 3.14. The number of fused-ring (bicyclic) bond motifs is 1. The number of nitrogen functional groups attached to an aromatic ring is 1. The number of hydrogen-bond acceptors (Lipinski definition) is 5. The fourth-order valence-electron chi connectivity index (χ4n) is 3.48. The predicted octanol–water partition coefficient (Wildman–Crippen LogP) is 2.70. The highest BCUT2D eigenvalue weighted by atomic mass is 14.9. The molecule has 0 aliphatic carbocycles. The first-order valence-corrected chi connectivity index (χ1v) is 8.64. The summed E-state index contributed by atoms with van der Waals surface area (Å²) in [6, 6.07) is 8.33. The number of benzene rings is 1. The van der Waals surface area contributed by atoms with Crippen LogP contribution in [0.15, 0.2) is 35.3 Å². The van der Waals surface area contributed by atoms with Gasteiger partial charge in [0, 0.05) is 29.9 Å². The summed E-state index contributed by atoms with van der Waals surface area (Å²) in [5.74, 6) is 1.23. The van der Waals surface area contributed by atoms with Gasteiger partial charge in [0.05, 0.1) is 12.1 Å². The number of aromatic nitrogens is 1. The summed E-state index contributed by atoms with van der Waals surface area (Å²) in [5.41, 5.74) is 10.4. The molecule has 0 unspecified atom stereocenters. The third-order valence-corrected chi connectivity index (χ3v) is 4.82. The van der Waals surface area contributed by atoms with E-state index in [0.29, 0.717) is 11.7 Å². The second kappa shape index (κ2) is 6.61. The van der Waals surface area contributed by atoms with Gasteiger partial charge in [-0.15, -0.1) is 0 Å². The Kier molecular flexibility index (Phi) is 4.17. The number of piperidine rings is 1. The zero-order chi connectivity index (χ0) is 16.4. The molecule has 124 valence electrons. The lowest BCUT2D eigenvalue weighted by molar-refractivity contribution is 0.393. The van der Waals surface area contributed by atoms with Gasteiger partial charge in [-0.25, -0.2) is 4.98 Å². The van der Waals surface area contributed by atoms with E-state index in [1.165, 1.54) is 24.0 Å². The van der Waals surface area contributed by atoms with E-state index < -0.39 is 0 Å². The Morgan fingerprint density at radius 2 is 2.25 bits per heavy atom. The molecule has 5 nitrogen and oxygen atoms in total. The summed E-state index contributed by atoms with van der Waals surface area (Å²) in [7, 11) is 0. The van der Waals surface area contributed by atoms with E-state index >= 15 is 0 Å². The largest absolute Gasteiger partial charge is 0.384 e. The molecule has 1 aromatic carbocycles. The van der Waals surface area contributed by atoms with Crippen LogP contribution in [0.3, 0.4) is 0 Å². The molecule has 24 heavy (non-hydrogen) atoms. The van der Waals surface area contributed by atoms with Crippen molar-refractivity contribution in [2.45, 2.75) is 12.8 Å². The molecule has 4 N–H and O–H groups in total. The maximum absolute atomic E-state index is 6.03. The molecule has 0 bridgehead atoms. The van der Waals surface area contributed by atoms with Crippen molar-refractivity contribution in [1.29, 1.82) is 0 Å². The van der Waals surface area contributed by atoms with Crippen molar-refractivity contribution in [3.8, 4) is 0 Å². The number of nitrogens with zero attached hydrogens (tertiary/aromatic N) is 2. The predicted molar refractivity (Wildman–Crippen MR) is 102 cm³/mol. The molecule has 1 saturated heterocycles. The Morgan fingerprint density at radius 1 is 1.29 bits per heavy atom. The van der Waals surface area contributed by atoms with E-state index in [9.17, 15) is 0 Å². The fraction of sp³-hybridized carbons (Fsp3) is 0.368. The summed E-state index contributed by atoms with van der Waals surface area (Å²) in [6.07, 6.45) is 6.45. The summed E-state index contributed by atoms with van der Waals surface area (Å²) in [6.45, 7) is 3.94. The topological polar surface area (TPSA) is 75.3 Å². The Hall–Kier alpha value is -2.40. The smallest absolute Gasteiger partial charge is 0.126 e. The van der Waals surface area contributed by atoms with Gasteiger partial charge in [-0.05, 0) is 55.1 Å². The molecule has 4 rings (SSSR count). The third kappa shape index (κ3) is 3.12. The first-order chi connectivity index (χ1) is 11.8. The number of anilines is 2. The van der Waals surface area contributed by atoms with Crippen molar-refractivity contribution in [3.05, 3.63) is 35.9 Å². The molecule has 0 amide bonds. The Labute approximate surface area is 142 Å². The lowest BCUT2D eigenvalue weighted by Gasteiger charge is -2.23. The number of aliphatic imine (C=N–C) groups is 1. The van der Waals surface area contributed by atoms with Crippen LogP contribution in [0.4, 0.5) is 11.5 Å². The third-order valence-electron chi connectivity index (χ3n) is 4.82. The highest BCUT2D eigenvalue weighted by Gasteiger charge is 2.14. The first kappa shape index (κ1) is 15.1. The highest BCUT2D eigenvalue weighted by Crippen LogP contribution is 2.28. The number of allylic oxidation sites excluding steroid dienone is 1. The molecule has 2 aromatic rings. The lowest BCUT2D eigenvalue weighted by Crippen LogP contribution is -2.33. The Balaban J connectivity index is 1.60. The van der Waals surface area contributed by atoms with Gasteiger partial charge < -0.3 is 16.4 Å². The monoisotopic (exact) mass is 321 g/mol. The van der Waals surface area contributed by atoms with Gasteiger partial charge in [0.1, 0.15) is 5.82 Å². The van der Waals surface area contributed by atoms with Gasteiger partial charge in [-0.1, -0.05) is 12.1 Å². The van der Waals surface area contributed by atoms with Crippen LogP contribution in [0.1, 0.15) is 18.4 Å². The number of hydrogen-bond donors (Lipinski definition) is 3. The molecule has 1 atom stereocenters. The van der Waals surface area contributed by atoms with Gasteiger partial charge in [0.2, 0.25) is 0 Å². The minimum absolute atomic E-state index is 0.556. The summed E-state index contributed by atoms with van der Waals surface area (Å²) in [4.78, 5) is 8.78. The normalized spacial score (nSPS) is 20.3. The van der Waals surface area contributed by atoms with Crippen LogP contribution in [-0.4, -0.2) is 37.4 Å². The van der Waals surface area contributed by atoms with Crippen LogP contribution in [0, 0.1) is 5.92 Å². The average molecular weight is 321 g/mol. The Morgan fingerprint density at radius 3 is 3.04 bits per heavy atom. The van der Waals surface area contributed by atoms with Gasteiger partial charge in [-0.2, -0.15) is 0 Å². The van der Waals surface area contributed by atoms with Crippen molar-refractivity contribution >= 4 is 34.2 Å². The maximum Gasteiger partial charge on any atom is 0.126 e. The summed E-state index contributed by atoms with van der Waals surface area (Å²) >= 11 is 0. The number of nitrogens with two attached hydrogens (primary N) is 1. The van der Waals surface area contributed by atoms with Crippen molar-refractivity contribution in [2.24, 2.45) is 10.9 Å². The van der Waals surface area contributed by atoms with Gasteiger partial charge in [-0.3, -0.25) is 4.99 Å². The second-order valence-electron chi connectivity index (χ2n) is 6.60. The van der Waals surface area contributed by atoms with Crippen molar-refractivity contribution in [1.82, 2.24) is 10.3 Å². The van der Waals surface area contributed by atoms with Gasteiger partial charge in [0.15, 0.2) is 0 Å². The van der Waals surface area contributed by atoms with Crippen LogP contribution in [0.2, 0.25) is 0 Å². The van der Waals surface area contributed by atoms with Crippen LogP contribution in [-0.2, 0) is 0 Å². The number of rotatable bonds is 4.